The predicted molar refractivity (Wildman–Crippen MR) is 148 cm³/mol. The fraction of sp³-hybridized carbons (Fsp3) is 0.367. The monoisotopic (exact) mass is 515 g/mol. The Labute approximate surface area is 222 Å². The highest BCUT2D eigenvalue weighted by Gasteiger charge is 2.42. The van der Waals surface area contributed by atoms with E-state index in [0.29, 0.717) is 35.1 Å². The van der Waals surface area contributed by atoms with Crippen molar-refractivity contribution in [2.24, 2.45) is 5.41 Å². The van der Waals surface area contributed by atoms with E-state index >= 15 is 0 Å². The molecule has 0 spiro atoms. The van der Waals surface area contributed by atoms with E-state index in [2.05, 4.69) is 31.1 Å². The Morgan fingerprint density at radius 2 is 1.81 bits per heavy atom. The molecule has 1 aliphatic carbocycles. The Hall–Kier alpha value is -3.32. The molecule has 1 unspecified atom stereocenters. The number of hydrogen-bond acceptors (Lipinski definition) is 6. The summed E-state index contributed by atoms with van der Waals surface area (Å²) in [5.74, 6) is 1.80. The van der Waals surface area contributed by atoms with Gasteiger partial charge in [-0.05, 0) is 41.5 Å². The molecule has 0 amide bonds. The van der Waals surface area contributed by atoms with Crippen molar-refractivity contribution < 1.29 is 9.53 Å². The van der Waals surface area contributed by atoms with Gasteiger partial charge >= 0.3 is 0 Å². The lowest BCUT2D eigenvalue weighted by Gasteiger charge is -2.38. The Morgan fingerprint density at radius 3 is 2.54 bits per heavy atom. The average Bonchev–Trinajstić information content (AvgIpc) is 2.86. The maximum Gasteiger partial charge on any atom is 0.257 e. The number of benzene rings is 2. The summed E-state index contributed by atoms with van der Waals surface area (Å²) in [4.78, 5) is 34.6. The van der Waals surface area contributed by atoms with Crippen LogP contribution in [0.5, 0.6) is 5.75 Å². The maximum absolute atomic E-state index is 13.5. The number of H-pyrrole nitrogens is 1. The van der Waals surface area contributed by atoms with Gasteiger partial charge in [0.15, 0.2) is 10.9 Å². The fourth-order valence-electron chi connectivity index (χ4n) is 5.11. The summed E-state index contributed by atoms with van der Waals surface area (Å²) in [6.45, 7) is 6.83. The van der Waals surface area contributed by atoms with Crippen LogP contribution in [-0.4, -0.2) is 21.5 Å². The van der Waals surface area contributed by atoms with Gasteiger partial charge < -0.3 is 15.0 Å². The number of rotatable bonds is 8. The number of aromatic nitrogens is 2. The third kappa shape index (κ3) is 5.52. The van der Waals surface area contributed by atoms with Crippen LogP contribution in [0.1, 0.15) is 69.1 Å². The minimum Gasteiger partial charge on any atom is -0.489 e. The quantitative estimate of drug-likeness (QED) is 0.204. The number of thioether (sulfide) groups is 1. The van der Waals surface area contributed by atoms with Gasteiger partial charge in [0.25, 0.3) is 5.56 Å². The minimum absolute atomic E-state index is 0.0830. The molecule has 1 atom stereocenters. The number of fused-ring (bicyclic) bond motifs is 1. The van der Waals surface area contributed by atoms with E-state index < -0.39 is 5.92 Å². The summed E-state index contributed by atoms with van der Waals surface area (Å²) in [5, 5.41) is 4.01. The molecule has 6 nitrogen and oxygen atoms in total. The Kier molecular flexibility index (Phi) is 7.24. The summed E-state index contributed by atoms with van der Waals surface area (Å²) in [7, 11) is 0. The maximum atomic E-state index is 13.5. The summed E-state index contributed by atoms with van der Waals surface area (Å²) >= 11 is 1.56. The number of unbranched alkanes of at least 4 members (excludes halogenated alkanes) is 1. The molecule has 0 bridgehead atoms. The van der Waals surface area contributed by atoms with Crippen molar-refractivity contribution >= 4 is 23.4 Å². The number of Topliss-reactive ketones (excluding diaryl/α,β-unsaturated/α-hetero) is 1. The minimum atomic E-state index is -0.469. The molecule has 2 aliphatic rings. The van der Waals surface area contributed by atoms with Crippen LogP contribution < -0.4 is 15.6 Å². The molecule has 5 rings (SSSR count). The molecule has 2 aromatic carbocycles. The molecule has 192 valence electrons. The normalized spacial score (nSPS) is 18.1. The van der Waals surface area contributed by atoms with E-state index in [1.54, 1.807) is 11.8 Å². The number of nitrogens with one attached hydrogen (secondary N) is 2. The van der Waals surface area contributed by atoms with Crippen molar-refractivity contribution in [3.8, 4) is 5.75 Å². The predicted octanol–water partition coefficient (Wildman–Crippen LogP) is 6.44. The molecule has 1 aromatic heterocycles. The first-order chi connectivity index (χ1) is 17.8. The van der Waals surface area contributed by atoms with Crippen LogP contribution in [-0.2, 0) is 11.4 Å². The second-order valence-corrected chi connectivity index (χ2v) is 11.7. The zero-order chi connectivity index (χ0) is 26.0. The summed E-state index contributed by atoms with van der Waals surface area (Å²) in [6, 6.07) is 17.8. The summed E-state index contributed by atoms with van der Waals surface area (Å²) < 4.78 is 5.97. The van der Waals surface area contributed by atoms with E-state index in [0.717, 1.165) is 47.6 Å². The van der Waals surface area contributed by atoms with E-state index in [1.807, 2.05) is 54.6 Å². The first-order valence-electron chi connectivity index (χ1n) is 12.9. The topological polar surface area (TPSA) is 84.1 Å². The van der Waals surface area contributed by atoms with Crippen molar-refractivity contribution in [3.63, 3.8) is 0 Å². The highest BCUT2D eigenvalue weighted by atomic mass is 32.2. The second kappa shape index (κ2) is 10.6. The van der Waals surface area contributed by atoms with Gasteiger partial charge in [0, 0.05) is 29.4 Å². The van der Waals surface area contributed by atoms with Crippen molar-refractivity contribution in [1.82, 2.24) is 9.97 Å². The molecule has 7 heteroatoms. The molecule has 0 saturated carbocycles. The van der Waals surface area contributed by atoms with Gasteiger partial charge in [-0.2, -0.15) is 0 Å². The van der Waals surface area contributed by atoms with Gasteiger partial charge in [-0.25, -0.2) is 4.98 Å². The van der Waals surface area contributed by atoms with Crippen LogP contribution in [0, 0.1) is 5.41 Å². The lowest BCUT2D eigenvalue weighted by atomic mass is 9.69. The fourth-order valence-corrected chi connectivity index (χ4v) is 6.05. The van der Waals surface area contributed by atoms with Crippen LogP contribution in [0.4, 0.5) is 5.82 Å². The Bertz CT molecular complexity index is 1380. The average molecular weight is 516 g/mol. The van der Waals surface area contributed by atoms with Crippen LogP contribution in [0.25, 0.3) is 0 Å². The lowest BCUT2D eigenvalue weighted by molar-refractivity contribution is -0.118. The number of aromatic amines is 1. The third-order valence-corrected chi connectivity index (χ3v) is 7.86. The molecule has 37 heavy (non-hydrogen) atoms. The van der Waals surface area contributed by atoms with Gasteiger partial charge in [0.2, 0.25) is 0 Å². The van der Waals surface area contributed by atoms with E-state index in [1.165, 1.54) is 0 Å². The number of ketones is 1. The van der Waals surface area contributed by atoms with Crippen LogP contribution >= 0.6 is 11.8 Å². The highest BCUT2D eigenvalue weighted by Crippen LogP contribution is 2.47. The number of nitrogens with zero attached hydrogens (tertiary/aromatic N) is 1. The van der Waals surface area contributed by atoms with Gasteiger partial charge in [-0.15, -0.1) is 0 Å². The smallest absolute Gasteiger partial charge is 0.257 e. The van der Waals surface area contributed by atoms with Gasteiger partial charge in [-0.3, -0.25) is 9.59 Å². The first kappa shape index (κ1) is 25.3. The van der Waals surface area contributed by atoms with Crippen molar-refractivity contribution in [2.75, 3.05) is 11.1 Å². The summed E-state index contributed by atoms with van der Waals surface area (Å²) in [6.07, 6.45) is 3.32. The van der Waals surface area contributed by atoms with Gasteiger partial charge in [0.1, 0.15) is 18.2 Å². The third-order valence-electron chi connectivity index (χ3n) is 6.90. The number of carbonyl (C=O) groups is 1. The first-order valence-corrected chi connectivity index (χ1v) is 13.9. The molecular weight excluding hydrogens is 482 g/mol. The van der Waals surface area contributed by atoms with E-state index in [4.69, 9.17) is 9.72 Å². The SMILES string of the molecule is CCCCSc1nc2c(c(=O)[nH]1)C(c1ccc(OCc3ccccc3)cc1)C1=C(CC(C)(C)CC1=O)N2. The lowest BCUT2D eigenvalue weighted by Crippen LogP contribution is -2.37. The van der Waals surface area contributed by atoms with Crippen molar-refractivity contribution in [3.05, 3.63) is 92.9 Å². The molecule has 2 N–H and O–H groups in total. The Balaban J connectivity index is 1.51. The molecule has 2 heterocycles. The zero-order valence-corrected chi connectivity index (χ0v) is 22.4. The number of anilines is 1. The molecule has 3 aromatic rings. The molecule has 0 saturated heterocycles. The van der Waals surface area contributed by atoms with Crippen LogP contribution in [0.15, 0.2) is 75.8 Å². The van der Waals surface area contributed by atoms with E-state index in [-0.39, 0.29) is 16.8 Å². The standard InChI is InChI=1S/C30H33N3O3S/c1-4-5-15-37-29-32-27-26(28(35)33-29)24(25-22(31-27)16-30(2,3)17-23(25)34)20-11-13-21(14-12-20)36-18-19-9-7-6-8-10-19/h6-14,24H,4-5,15-18H2,1-3H3,(H2,31,32,33,35). The highest BCUT2D eigenvalue weighted by molar-refractivity contribution is 7.99. The molecule has 0 fully saturated rings. The van der Waals surface area contributed by atoms with Gasteiger partial charge in [0.05, 0.1) is 5.56 Å². The molecule has 0 radical (unpaired) electrons. The number of carbonyl (C=O) groups excluding carboxylic acids is 1. The van der Waals surface area contributed by atoms with Crippen LogP contribution in [0.3, 0.4) is 0 Å². The second-order valence-electron chi connectivity index (χ2n) is 10.6. The Morgan fingerprint density at radius 1 is 1.05 bits per heavy atom. The largest absolute Gasteiger partial charge is 0.489 e. The van der Waals surface area contributed by atoms with Gasteiger partial charge in [-0.1, -0.05) is 81.4 Å². The number of ether oxygens (including phenoxy) is 1. The van der Waals surface area contributed by atoms with Crippen molar-refractivity contribution in [2.45, 2.75) is 64.1 Å². The number of hydrogen-bond donors (Lipinski definition) is 2. The van der Waals surface area contributed by atoms with Crippen molar-refractivity contribution in [1.29, 1.82) is 0 Å². The molecule has 1 aliphatic heterocycles. The zero-order valence-electron chi connectivity index (χ0n) is 21.6. The summed E-state index contributed by atoms with van der Waals surface area (Å²) in [5.41, 5.74) is 3.69. The number of allylic oxidation sites excluding steroid dienone is 2. The molecular formula is C30H33N3O3S. The van der Waals surface area contributed by atoms with Crippen LogP contribution in [0.2, 0.25) is 0 Å². The van der Waals surface area contributed by atoms with E-state index in [9.17, 15) is 9.59 Å².